The fraction of sp³-hybridized carbons (Fsp3) is 0.176. The van der Waals surface area contributed by atoms with Crippen molar-refractivity contribution < 1.29 is 19.8 Å². The first-order chi connectivity index (χ1) is 10.1. The third-order valence-corrected chi connectivity index (χ3v) is 3.20. The normalized spacial score (nSPS) is 10.3. The Kier molecular flexibility index (Phi) is 4.72. The van der Waals surface area contributed by atoms with E-state index < -0.39 is 5.97 Å². The molecule has 21 heavy (non-hydrogen) atoms. The van der Waals surface area contributed by atoms with E-state index in [0.717, 1.165) is 5.56 Å². The lowest BCUT2D eigenvalue weighted by Gasteiger charge is -2.04. The second-order valence-corrected chi connectivity index (χ2v) is 4.82. The molecular formula is C17H16O4. The fourth-order valence-corrected chi connectivity index (χ4v) is 2.05. The third kappa shape index (κ3) is 4.18. The molecule has 108 valence electrons. The number of benzene rings is 2. The quantitative estimate of drug-likeness (QED) is 0.799. The lowest BCUT2D eigenvalue weighted by molar-refractivity contribution is -0.137. The van der Waals surface area contributed by atoms with Gasteiger partial charge in [0.05, 0.1) is 0 Å². The second kappa shape index (κ2) is 6.70. The maximum Gasteiger partial charge on any atom is 0.303 e. The van der Waals surface area contributed by atoms with Crippen molar-refractivity contribution in [3.63, 3.8) is 0 Å². The summed E-state index contributed by atoms with van der Waals surface area (Å²) in [5.74, 6) is -0.776. The first kappa shape index (κ1) is 14.8. The van der Waals surface area contributed by atoms with Crippen molar-refractivity contribution in [2.75, 3.05) is 0 Å². The molecule has 0 aliphatic carbocycles. The Hall–Kier alpha value is -2.62. The molecule has 0 fully saturated rings. The van der Waals surface area contributed by atoms with Gasteiger partial charge < -0.3 is 10.2 Å². The van der Waals surface area contributed by atoms with Gasteiger partial charge in [-0.25, -0.2) is 0 Å². The van der Waals surface area contributed by atoms with Gasteiger partial charge in [0.2, 0.25) is 0 Å². The molecule has 0 amide bonds. The van der Waals surface area contributed by atoms with E-state index >= 15 is 0 Å². The highest BCUT2D eigenvalue weighted by Gasteiger charge is 2.09. The van der Waals surface area contributed by atoms with Gasteiger partial charge in [-0.05, 0) is 42.7 Å². The van der Waals surface area contributed by atoms with Crippen LogP contribution in [0.1, 0.15) is 34.3 Å². The van der Waals surface area contributed by atoms with Gasteiger partial charge in [0.25, 0.3) is 0 Å². The van der Waals surface area contributed by atoms with Crippen LogP contribution in [0.5, 0.6) is 5.75 Å². The number of carboxylic acid groups (broad SMARTS) is 1. The average Bonchev–Trinajstić information content (AvgIpc) is 2.48. The number of aromatic hydroxyl groups is 1. The molecule has 2 rings (SSSR count). The van der Waals surface area contributed by atoms with E-state index in [0.29, 0.717) is 24.0 Å². The Morgan fingerprint density at radius 2 is 1.38 bits per heavy atom. The number of hydrogen-bond donors (Lipinski definition) is 2. The summed E-state index contributed by atoms with van der Waals surface area (Å²) in [4.78, 5) is 22.7. The molecule has 0 radical (unpaired) electrons. The van der Waals surface area contributed by atoms with Gasteiger partial charge in [0, 0.05) is 17.5 Å². The molecule has 0 bridgehead atoms. The zero-order valence-electron chi connectivity index (χ0n) is 11.5. The van der Waals surface area contributed by atoms with E-state index in [9.17, 15) is 14.7 Å². The molecule has 0 aliphatic rings. The van der Waals surface area contributed by atoms with E-state index in [-0.39, 0.29) is 18.0 Å². The number of phenols is 1. The lowest BCUT2D eigenvalue weighted by atomic mass is 10.0. The van der Waals surface area contributed by atoms with Gasteiger partial charge in [0.1, 0.15) is 5.75 Å². The van der Waals surface area contributed by atoms with Crippen molar-refractivity contribution in [3.8, 4) is 5.75 Å². The van der Waals surface area contributed by atoms with Crippen molar-refractivity contribution in [2.24, 2.45) is 0 Å². The summed E-state index contributed by atoms with van der Waals surface area (Å²) in [6, 6.07) is 13.3. The second-order valence-electron chi connectivity index (χ2n) is 4.82. The van der Waals surface area contributed by atoms with Crippen LogP contribution in [0.3, 0.4) is 0 Å². The Labute approximate surface area is 122 Å². The van der Waals surface area contributed by atoms with E-state index in [2.05, 4.69) is 0 Å². The van der Waals surface area contributed by atoms with Crippen molar-refractivity contribution in [1.29, 1.82) is 0 Å². The van der Waals surface area contributed by atoms with Crippen LogP contribution < -0.4 is 0 Å². The molecule has 2 aromatic carbocycles. The average molecular weight is 284 g/mol. The van der Waals surface area contributed by atoms with Crippen molar-refractivity contribution in [3.05, 3.63) is 65.2 Å². The number of aryl methyl sites for hydroxylation is 1. The molecule has 4 nitrogen and oxygen atoms in total. The van der Waals surface area contributed by atoms with Crippen LogP contribution in [0.2, 0.25) is 0 Å². The molecule has 0 saturated carbocycles. The minimum Gasteiger partial charge on any atom is -0.508 e. The molecule has 0 aromatic heterocycles. The summed E-state index contributed by atoms with van der Waals surface area (Å²) in [5.41, 5.74) is 2.10. The van der Waals surface area contributed by atoms with E-state index in [4.69, 9.17) is 5.11 Å². The number of rotatable bonds is 6. The van der Waals surface area contributed by atoms with Crippen molar-refractivity contribution >= 4 is 11.8 Å². The lowest BCUT2D eigenvalue weighted by Crippen LogP contribution is -2.01. The van der Waals surface area contributed by atoms with Gasteiger partial charge in [-0.15, -0.1) is 0 Å². The maximum absolute atomic E-state index is 12.2. The number of ketones is 1. The molecule has 2 aromatic rings. The molecule has 0 unspecified atom stereocenters. The van der Waals surface area contributed by atoms with Gasteiger partial charge in [-0.1, -0.05) is 24.3 Å². The summed E-state index contributed by atoms with van der Waals surface area (Å²) in [5, 5.41) is 17.8. The number of carbonyl (C=O) groups is 2. The number of phenolic OH excluding ortho intramolecular Hbond substituents is 1. The summed E-state index contributed by atoms with van der Waals surface area (Å²) >= 11 is 0. The molecule has 0 aliphatic heterocycles. The van der Waals surface area contributed by atoms with Gasteiger partial charge in [0.15, 0.2) is 5.78 Å². The summed E-state index contributed by atoms with van der Waals surface area (Å²) in [6.07, 6.45) is 1.41. The Bertz CT molecular complexity index is 627. The highest BCUT2D eigenvalue weighted by molar-refractivity contribution is 6.09. The zero-order valence-corrected chi connectivity index (χ0v) is 11.5. The molecular weight excluding hydrogens is 268 g/mol. The largest absolute Gasteiger partial charge is 0.508 e. The predicted molar refractivity (Wildman–Crippen MR) is 78.6 cm³/mol. The van der Waals surface area contributed by atoms with Crippen LogP contribution in [0.25, 0.3) is 0 Å². The minimum absolute atomic E-state index is 0.105. The Balaban J connectivity index is 2.02. The van der Waals surface area contributed by atoms with Gasteiger partial charge >= 0.3 is 5.97 Å². The SMILES string of the molecule is O=C(O)CCCc1ccc(C(=O)c2ccc(O)cc2)cc1. The minimum atomic E-state index is -0.797. The van der Waals surface area contributed by atoms with Crippen LogP contribution >= 0.6 is 0 Å². The number of carboxylic acids is 1. The van der Waals surface area contributed by atoms with Crippen LogP contribution in [0.4, 0.5) is 0 Å². The number of carbonyl (C=O) groups excluding carboxylic acids is 1. The summed E-state index contributed by atoms with van der Waals surface area (Å²) in [6.45, 7) is 0. The summed E-state index contributed by atoms with van der Waals surface area (Å²) in [7, 11) is 0. The van der Waals surface area contributed by atoms with Gasteiger partial charge in [-0.3, -0.25) is 9.59 Å². The van der Waals surface area contributed by atoms with E-state index in [1.807, 2.05) is 12.1 Å². The molecule has 4 heteroatoms. The van der Waals surface area contributed by atoms with Crippen molar-refractivity contribution in [1.82, 2.24) is 0 Å². The standard InChI is InChI=1S/C17H16O4/c18-15-10-8-14(9-11-15)17(21)13-6-4-12(5-7-13)2-1-3-16(19)20/h4-11,18H,1-3H2,(H,19,20). The topological polar surface area (TPSA) is 74.6 Å². The Morgan fingerprint density at radius 3 is 1.90 bits per heavy atom. The third-order valence-electron chi connectivity index (χ3n) is 3.20. The molecule has 0 heterocycles. The fourth-order valence-electron chi connectivity index (χ4n) is 2.05. The van der Waals surface area contributed by atoms with Crippen LogP contribution in [0, 0.1) is 0 Å². The number of aliphatic carboxylic acids is 1. The molecule has 0 spiro atoms. The molecule has 0 saturated heterocycles. The first-order valence-corrected chi connectivity index (χ1v) is 6.71. The summed E-state index contributed by atoms with van der Waals surface area (Å²) < 4.78 is 0. The predicted octanol–water partition coefficient (Wildman–Crippen LogP) is 3.03. The molecule has 0 atom stereocenters. The van der Waals surface area contributed by atoms with Crippen molar-refractivity contribution in [2.45, 2.75) is 19.3 Å². The monoisotopic (exact) mass is 284 g/mol. The van der Waals surface area contributed by atoms with Gasteiger partial charge in [-0.2, -0.15) is 0 Å². The smallest absolute Gasteiger partial charge is 0.303 e. The van der Waals surface area contributed by atoms with Crippen LogP contribution in [0.15, 0.2) is 48.5 Å². The van der Waals surface area contributed by atoms with E-state index in [1.165, 1.54) is 12.1 Å². The highest BCUT2D eigenvalue weighted by atomic mass is 16.4. The van der Waals surface area contributed by atoms with Crippen LogP contribution in [-0.4, -0.2) is 22.0 Å². The number of hydrogen-bond acceptors (Lipinski definition) is 3. The van der Waals surface area contributed by atoms with Crippen LogP contribution in [-0.2, 0) is 11.2 Å². The first-order valence-electron chi connectivity index (χ1n) is 6.71. The Morgan fingerprint density at radius 1 is 0.857 bits per heavy atom. The zero-order chi connectivity index (χ0) is 15.2. The maximum atomic E-state index is 12.2. The van der Waals surface area contributed by atoms with E-state index in [1.54, 1.807) is 24.3 Å². The molecule has 2 N–H and O–H groups in total. The highest BCUT2D eigenvalue weighted by Crippen LogP contribution is 2.15.